The summed E-state index contributed by atoms with van der Waals surface area (Å²) in [4.78, 5) is 15.6. The lowest BCUT2D eigenvalue weighted by molar-refractivity contribution is 0.0950. The van der Waals surface area contributed by atoms with Crippen molar-refractivity contribution in [3.8, 4) is 0 Å². The van der Waals surface area contributed by atoms with Gasteiger partial charge in [-0.3, -0.25) is 4.79 Å². The summed E-state index contributed by atoms with van der Waals surface area (Å²) in [6.45, 7) is 5.88. The minimum absolute atomic E-state index is 0.269. The van der Waals surface area contributed by atoms with E-state index in [9.17, 15) is 4.79 Å². The summed E-state index contributed by atoms with van der Waals surface area (Å²) in [5.74, 6) is -0.269. The molecule has 0 radical (unpaired) electrons. The van der Waals surface area contributed by atoms with E-state index in [0.29, 0.717) is 10.7 Å². The van der Waals surface area contributed by atoms with Gasteiger partial charge in [-0.1, -0.05) is 42.8 Å². The first-order chi connectivity index (χ1) is 12.0. The van der Waals surface area contributed by atoms with Crippen molar-refractivity contribution < 1.29 is 4.79 Å². The van der Waals surface area contributed by atoms with E-state index < -0.39 is 0 Å². The molecule has 0 saturated carbocycles. The lowest BCUT2D eigenvalue weighted by Gasteiger charge is -2.04. The van der Waals surface area contributed by atoms with Crippen LogP contribution in [-0.2, 0) is 6.42 Å². The molecule has 3 rings (SSSR count). The molecule has 0 spiro atoms. The van der Waals surface area contributed by atoms with Crippen molar-refractivity contribution in [3.63, 3.8) is 0 Å². The highest BCUT2D eigenvalue weighted by molar-refractivity contribution is 6.31. The molecule has 0 unspecified atom stereocenters. The summed E-state index contributed by atoms with van der Waals surface area (Å²) in [7, 11) is 0. The van der Waals surface area contributed by atoms with Crippen LogP contribution in [0.25, 0.3) is 10.9 Å². The van der Waals surface area contributed by atoms with Crippen LogP contribution in [0.1, 0.15) is 41.0 Å². The Morgan fingerprint density at radius 1 is 1.20 bits per heavy atom. The third-order valence-electron chi connectivity index (χ3n) is 4.35. The molecule has 4 nitrogen and oxygen atoms in total. The fourth-order valence-corrected chi connectivity index (χ4v) is 2.93. The summed E-state index contributed by atoms with van der Waals surface area (Å²) in [6, 6.07) is 13.7. The topological polar surface area (TPSA) is 57.2 Å². The lowest BCUT2D eigenvalue weighted by atomic mass is 10.1. The van der Waals surface area contributed by atoms with Crippen LogP contribution in [0.4, 0.5) is 0 Å². The number of aryl methyl sites for hydroxylation is 2. The van der Waals surface area contributed by atoms with Crippen LogP contribution in [0.3, 0.4) is 0 Å². The Hall–Kier alpha value is -2.59. The first kappa shape index (κ1) is 17.2. The molecule has 0 bridgehead atoms. The minimum atomic E-state index is -0.269. The number of hydrogen-bond acceptors (Lipinski definition) is 2. The Kier molecular flexibility index (Phi) is 4.91. The van der Waals surface area contributed by atoms with E-state index in [1.54, 1.807) is 6.07 Å². The van der Waals surface area contributed by atoms with Crippen LogP contribution in [0.15, 0.2) is 47.6 Å². The van der Waals surface area contributed by atoms with Crippen LogP contribution in [-0.4, -0.2) is 16.6 Å². The van der Waals surface area contributed by atoms with E-state index in [2.05, 4.69) is 34.6 Å². The number of nitrogens with one attached hydrogen (secondary N) is 2. The van der Waals surface area contributed by atoms with Gasteiger partial charge in [0.15, 0.2) is 0 Å². The average molecular weight is 354 g/mol. The van der Waals surface area contributed by atoms with Gasteiger partial charge in [-0.2, -0.15) is 5.10 Å². The molecule has 2 N–H and O–H groups in total. The highest BCUT2D eigenvalue weighted by Gasteiger charge is 2.14. The Bertz CT molecular complexity index is 955. The second kappa shape index (κ2) is 7.11. The molecule has 3 aromatic rings. The number of nitrogens with zero attached hydrogens (tertiary/aromatic N) is 1. The Labute approximate surface area is 151 Å². The van der Waals surface area contributed by atoms with E-state index in [1.807, 2.05) is 38.1 Å². The SMILES string of the molecule is CCc1ccc(/C(C)=N\NC(=O)c2[nH]c3ccc(Cl)cc3c2C)cc1. The van der Waals surface area contributed by atoms with Gasteiger partial charge in [0, 0.05) is 15.9 Å². The quantitative estimate of drug-likeness (QED) is 0.511. The number of rotatable bonds is 4. The maximum Gasteiger partial charge on any atom is 0.288 e. The molecule has 0 aliphatic heterocycles. The number of hydrazone groups is 1. The Morgan fingerprint density at radius 3 is 2.60 bits per heavy atom. The fourth-order valence-electron chi connectivity index (χ4n) is 2.76. The number of H-pyrrole nitrogens is 1. The van der Waals surface area contributed by atoms with Crippen molar-refractivity contribution >= 4 is 34.1 Å². The van der Waals surface area contributed by atoms with Crippen LogP contribution in [0.5, 0.6) is 0 Å². The fraction of sp³-hybridized carbons (Fsp3) is 0.200. The zero-order chi connectivity index (χ0) is 18.0. The van der Waals surface area contributed by atoms with E-state index >= 15 is 0 Å². The largest absolute Gasteiger partial charge is 0.350 e. The number of hydrogen-bond donors (Lipinski definition) is 2. The van der Waals surface area contributed by atoms with Gasteiger partial charge in [0.2, 0.25) is 0 Å². The number of amides is 1. The molecule has 128 valence electrons. The smallest absolute Gasteiger partial charge is 0.288 e. The van der Waals surface area contributed by atoms with Gasteiger partial charge in [0.1, 0.15) is 5.69 Å². The zero-order valence-corrected chi connectivity index (χ0v) is 15.2. The first-order valence-electron chi connectivity index (χ1n) is 8.21. The minimum Gasteiger partial charge on any atom is -0.350 e. The number of benzene rings is 2. The molecule has 1 amide bonds. The zero-order valence-electron chi connectivity index (χ0n) is 14.5. The summed E-state index contributed by atoms with van der Waals surface area (Å²) in [5.41, 5.74) is 7.87. The van der Waals surface area contributed by atoms with Crippen molar-refractivity contribution in [2.75, 3.05) is 0 Å². The van der Waals surface area contributed by atoms with Crippen LogP contribution in [0, 0.1) is 6.92 Å². The molecule has 0 fully saturated rings. The van der Waals surface area contributed by atoms with E-state index in [-0.39, 0.29) is 5.91 Å². The molecule has 0 saturated heterocycles. The monoisotopic (exact) mass is 353 g/mol. The van der Waals surface area contributed by atoms with Crippen molar-refractivity contribution in [3.05, 3.63) is 69.9 Å². The molecule has 0 aliphatic carbocycles. The molecule has 0 aliphatic rings. The average Bonchev–Trinajstić information content (AvgIpc) is 2.96. The lowest BCUT2D eigenvalue weighted by Crippen LogP contribution is -2.20. The van der Waals surface area contributed by atoms with E-state index in [4.69, 9.17) is 11.6 Å². The summed E-state index contributed by atoms with van der Waals surface area (Å²) < 4.78 is 0. The summed E-state index contributed by atoms with van der Waals surface area (Å²) in [5, 5.41) is 5.81. The van der Waals surface area contributed by atoms with Crippen molar-refractivity contribution in [1.82, 2.24) is 10.4 Å². The molecule has 2 aromatic carbocycles. The van der Waals surface area contributed by atoms with Gasteiger partial charge < -0.3 is 4.98 Å². The molecule has 1 aromatic heterocycles. The number of aromatic nitrogens is 1. The highest BCUT2D eigenvalue weighted by Crippen LogP contribution is 2.24. The third kappa shape index (κ3) is 3.59. The van der Waals surface area contributed by atoms with Crippen LogP contribution >= 0.6 is 11.6 Å². The molecular formula is C20H20ClN3O. The van der Waals surface area contributed by atoms with Crippen LogP contribution in [0.2, 0.25) is 5.02 Å². The Morgan fingerprint density at radius 2 is 1.92 bits per heavy atom. The number of aromatic amines is 1. The normalized spacial score (nSPS) is 11.8. The second-order valence-electron chi connectivity index (χ2n) is 6.00. The molecular weight excluding hydrogens is 334 g/mol. The maximum absolute atomic E-state index is 12.5. The van der Waals surface area contributed by atoms with Gasteiger partial charge in [-0.15, -0.1) is 0 Å². The number of carbonyl (C=O) groups is 1. The first-order valence-corrected chi connectivity index (χ1v) is 8.59. The van der Waals surface area contributed by atoms with Crippen molar-refractivity contribution in [1.29, 1.82) is 0 Å². The number of fused-ring (bicyclic) bond motifs is 1. The predicted octanol–water partition coefficient (Wildman–Crippen LogP) is 4.85. The van der Waals surface area contributed by atoms with Crippen LogP contribution < -0.4 is 5.43 Å². The van der Waals surface area contributed by atoms with Gasteiger partial charge in [0.25, 0.3) is 5.91 Å². The number of carbonyl (C=O) groups excluding carboxylic acids is 1. The maximum atomic E-state index is 12.5. The molecule has 0 atom stereocenters. The van der Waals surface area contributed by atoms with Crippen molar-refractivity contribution in [2.45, 2.75) is 27.2 Å². The standard InChI is InChI=1S/C20H20ClN3O/c1-4-14-5-7-15(8-6-14)13(3)23-24-20(25)19-12(2)17-11-16(21)9-10-18(17)22-19/h5-11,22H,4H2,1-3H3,(H,24,25)/b23-13-. The van der Waals surface area contributed by atoms with E-state index in [1.165, 1.54) is 5.56 Å². The van der Waals surface area contributed by atoms with Gasteiger partial charge >= 0.3 is 0 Å². The molecule has 5 heteroatoms. The predicted molar refractivity (Wildman–Crippen MR) is 104 cm³/mol. The van der Waals surface area contributed by atoms with Crippen molar-refractivity contribution in [2.24, 2.45) is 5.10 Å². The highest BCUT2D eigenvalue weighted by atomic mass is 35.5. The summed E-state index contributed by atoms with van der Waals surface area (Å²) in [6.07, 6.45) is 0.997. The van der Waals surface area contributed by atoms with Gasteiger partial charge in [0.05, 0.1) is 5.71 Å². The third-order valence-corrected chi connectivity index (χ3v) is 4.59. The Balaban J connectivity index is 1.80. The van der Waals surface area contributed by atoms with E-state index in [0.717, 1.165) is 34.2 Å². The summed E-state index contributed by atoms with van der Waals surface area (Å²) >= 11 is 6.04. The van der Waals surface area contributed by atoms with Gasteiger partial charge in [-0.05, 0) is 55.2 Å². The number of halogens is 1. The molecule has 1 heterocycles. The second-order valence-corrected chi connectivity index (χ2v) is 6.44. The molecule has 25 heavy (non-hydrogen) atoms. The van der Waals surface area contributed by atoms with Gasteiger partial charge in [-0.25, -0.2) is 5.43 Å².